The zero-order valence-electron chi connectivity index (χ0n) is 11.7. The summed E-state index contributed by atoms with van der Waals surface area (Å²) in [6.45, 7) is 5.25. The maximum Gasteiger partial charge on any atom is 0.333 e. The van der Waals surface area contributed by atoms with Crippen LogP contribution < -0.4 is 5.32 Å². The van der Waals surface area contributed by atoms with Crippen LogP contribution in [0.25, 0.3) is 0 Å². The van der Waals surface area contributed by atoms with Gasteiger partial charge in [0.1, 0.15) is 11.6 Å². The molecular weight excluding hydrogens is 254 g/mol. The van der Waals surface area contributed by atoms with Crippen LogP contribution in [0, 0.1) is 13.8 Å². The van der Waals surface area contributed by atoms with Gasteiger partial charge in [0.2, 0.25) is 0 Å². The van der Waals surface area contributed by atoms with E-state index in [4.69, 9.17) is 0 Å². The lowest BCUT2D eigenvalue weighted by atomic mass is 9.92. The van der Waals surface area contributed by atoms with Gasteiger partial charge in [-0.1, -0.05) is 30.3 Å². The number of carboxylic acids is 1. The first-order chi connectivity index (χ1) is 9.41. The minimum absolute atomic E-state index is 0.503. The number of benzene rings is 1. The summed E-state index contributed by atoms with van der Waals surface area (Å²) in [5.74, 6) is 0.148. The molecule has 2 aromatic rings. The molecule has 5 heteroatoms. The van der Waals surface area contributed by atoms with Crippen LogP contribution in [0.3, 0.4) is 0 Å². The predicted molar refractivity (Wildman–Crippen MR) is 76.6 cm³/mol. The minimum Gasteiger partial charge on any atom is -0.479 e. The summed E-state index contributed by atoms with van der Waals surface area (Å²) in [7, 11) is 0. The van der Waals surface area contributed by atoms with Gasteiger partial charge in [0.25, 0.3) is 0 Å². The molecule has 1 aromatic carbocycles. The molecule has 0 amide bonds. The van der Waals surface area contributed by atoms with Crippen LogP contribution in [-0.4, -0.2) is 21.0 Å². The van der Waals surface area contributed by atoms with Crippen molar-refractivity contribution in [3.63, 3.8) is 0 Å². The molecule has 0 aliphatic rings. The molecule has 20 heavy (non-hydrogen) atoms. The van der Waals surface area contributed by atoms with Crippen LogP contribution in [-0.2, 0) is 10.3 Å². The van der Waals surface area contributed by atoms with Gasteiger partial charge in [-0.25, -0.2) is 14.8 Å². The lowest BCUT2D eigenvalue weighted by Crippen LogP contribution is -2.40. The normalized spacial score (nSPS) is 13.6. The van der Waals surface area contributed by atoms with Gasteiger partial charge in [-0.2, -0.15) is 0 Å². The van der Waals surface area contributed by atoms with Crippen molar-refractivity contribution in [3.05, 3.63) is 53.5 Å². The number of anilines is 1. The molecule has 1 heterocycles. The van der Waals surface area contributed by atoms with Gasteiger partial charge in [-0.05, 0) is 26.3 Å². The van der Waals surface area contributed by atoms with E-state index in [2.05, 4.69) is 15.3 Å². The minimum atomic E-state index is -1.24. The van der Waals surface area contributed by atoms with Gasteiger partial charge < -0.3 is 10.4 Å². The number of aryl methyl sites for hydroxylation is 2. The zero-order chi connectivity index (χ0) is 14.8. The topological polar surface area (TPSA) is 75.1 Å². The average Bonchev–Trinajstić information content (AvgIpc) is 2.38. The van der Waals surface area contributed by atoms with Crippen LogP contribution >= 0.6 is 0 Å². The smallest absolute Gasteiger partial charge is 0.333 e. The van der Waals surface area contributed by atoms with Gasteiger partial charge in [0.15, 0.2) is 5.54 Å². The summed E-state index contributed by atoms with van der Waals surface area (Å²) in [6.07, 6.45) is 0. The highest BCUT2D eigenvalue weighted by atomic mass is 16.4. The second kappa shape index (κ2) is 5.28. The van der Waals surface area contributed by atoms with Crippen LogP contribution in [0.15, 0.2) is 36.4 Å². The Labute approximate surface area is 117 Å². The van der Waals surface area contributed by atoms with Gasteiger partial charge in [-0.3, -0.25) is 0 Å². The molecule has 0 aliphatic carbocycles. The van der Waals surface area contributed by atoms with Crippen molar-refractivity contribution in [1.29, 1.82) is 0 Å². The quantitative estimate of drug-likeness (QED) is 0.893. The number of nitrogens with zero attached hydrogens (tertiary/aromatic N) is 2. The summed E-state index contributed by atoms with van der Waals surface area (Å²) >= 11 is 0. The number of nitrogens with one attached hydrogen (secondary N) is 1. The first-order valence-corrected chi connectivity index (χ1v) is 6.31. The second-order valence-electron chi connectivity index (χ2n) is 4.86. The van der Waals surface area contributed by atoms with Gasteiger partial charge in [0, 0.05) is 11.8 Å². The van der Waals surface area contributed by atoms with E-state index in [9.17, 15) is 9.90 Å². The molecule has 0 spiro atoms. The Bertz CT molecular complexity index is 608. The third-order valence-corrected chi connectivity index (χ3v) is 3.12. The Morgan fingerprint density at radius 1 is 1.20 bits per heavy atom. The Morgan fingerprint density at radius 3 is 2.40 bits per heavy atom. The van der Waals surface area contributed by atoms with Crippen molar-refractivity contribution < 1.29 is 9.90 Å². The Hall–Kier alpha value is -2.43. The number of hydrogen-bond donors (Lipinski definition) is 2. The first kappa shape index (κ1) is 14.0. The molecule has 0 aliphatic heterocycles. The molecular formula is C15H17N3O2. The molecule has 5 nitrogen and oxygen atoms in total. The molecule has 2 rings (SSSR count). The van der Waals surface area contributed by atoms with E-state index in [-0.39, 0.29) is 0 Å². The number of carboxylic acid groups (broad SMARTS) is 1. The van der Waals surface area contributed by atoms with Crippen molar-refractivity contribution in [2.45, 2.75) is 26.3 Å². The van der Waals surface area contributed by atoms with Crippen molar-refractivity contribution in [2.24, 2.45) is 0 Å². The summed E-state index contributed by atoms with van der Waals surface area (Å²) < 4.78 is 0. The molecule has 1 atom stereocenters. The Kier molecular flexibility index (Phi) is 3.70. The average molecular weight is 271 g/mol. The van der Waals surface area contributed by atoms with Crippen LogP contribution in [0.1, 0.15) is 24.0 Å². The van der Waals surface area contributed by atoms with E-state index in [1.165, 1.54) is 0 Å². The summed E-state index contributed by atoms with van der Waals surface area (Å²) in [5, 5.41) is 12.6. The van der Waals surface area contributed by atoms with E-state index in [0.717, 1.165) is 5.69 Å². The van der Waals surface area contributed by atoms with E-state index in [0.29, 0.717) is 17.2 Å². The van der Waals surface area contributed by atoms with E-state index >= 15 is 0 Å². The lowest BCUT2D eigenvalue weighted by molar-refractivity contribution is -0.142. The second-order valence-corrected chi connectivity index (χ2v) is 4.86. The van der Waals surface area contributed by atoms with Crippen molar-refractivity contribution in [2.75, 3.05) is 5.32 Å². The fourth-order valence-corrected chi connectivity index (χ4v) is 2.06. The molecule has 0 saturated carbocycles. The summed E-state index contributed by atoms with van der Waals surface area (Å²) in [5.41, 5.74) is 0.219. The molecule has 104 valence electrons. The summed E-state index contributed by atoms with van der Waals surface area (Å²) in [4.78, 5) is 20.1. The number of aromatic nitrogens is 2. The SMILES string of the molecule is Cc1cc(NC(C)(C(=O)O)c2ccccc2)nc(C)n1. The molecule has 2 N–H and O–H groups in total. The predicted octanol–water partition coefficient (Wildman–Crippen LogP) is 2.51. The Morgan fingerprint density at radius 2 is 1.85 bits per heavy atom. The highest BCUT2D eigenvalue weighted by Gasteiger charge is 2.35. The van der Waals surface area contributed by atoms with E-state index in [1.807, 2.05) is 25.1 Å². The Balaban J connectivity index is 2.42. The molecule has 0 radical (unpaired) electrons. The van der Waals surface area contributed by atoms with Crippen molar-refractivity contribution >= 4 is 11.8 Å². The number of hydrogen-bond acceptors (Lipinski definition) is 4. The van der Waals surface area contributed by atoms with Crippen LogP contribution in [0.5, 0.6) is 0 Å². The van der Waals surface area contributed by atoms with Crippen molar-refractivity contribution in [1.82, 2.24) is 9.97 Å². The molecule has 1 unspecified atom stereocenters. The molecule has 0 fully saturated rings. The fraction of sp³-hybridized carbons (Fsp3) is 0.267. The van der Waals surface area contributed by atoms with Gasteiger partial charge in [0.05, 0.1) is 0 Å². The number of aliphatic carboxylic acids is 1. The molecule has 0 saturated heterocycles. The first-order valence-electron chi connectivity index (χ1n) is 6.31. The summed E-state index contributed by atoms with van der Waals surface area (Å²) in [6, 6.07) is 10.8. The lowest BCUT2D eigenvalue weighted by Gasteiger charge is -2.27. The standard InChI is InChI=1S/C15H17N3O2/c1-10-9-13(17-11(2)16-10)18-15(3,14(19)20)12-7-5-4-6-8-12/h4-9H,1-3H3,(H,19,20)(H,16,17,18). The maximum atomic E-state index is 11.7. The maximum absolute atomic E-state index is 11.7. The van der Waals surface area contributed by atoms with Crippen molar-refractivity contribution in [3.8, 4) is 0 Å². The largest absolute Gasteiger partial charge is 0.479 e. The van der Waals surface area contributed by atoms with E-state index < -0.39 is 11.5 Å². The number of rotatable bonds is 4. The third kappa shape index (κ3) is 2.77. The molecule has 1 aromatic heterocycles. The van der Waals surface area contributed by atoms with E-state index in [1.54, 1.807) is 32.0 Å². The monoisotopic (exact) mass is 271 g/mol. The third-order valence-electron chi connectivity index (χ3n) is 3.12. The van der Waals surface area contributed by atoms with Crippen LogP contribution in [0.2, 0.25) is 0 Å². The van der Waals surface area contributed by atoms with Gasteiger partial charge in [-0.15, -0.1) is 0 Å². The van der Waals surface area contributed by atoms with Gasteiger partial charge >= 0.3 is 5.97 Å². The number of carbonyl (C=O) groups is 1. The van der Waals surface area contributed by atoms with Crippen LogP contribution in [0.4, 0.5) is 5.82 Å². The molecule has 0 bridgehead atoms. The highest BCUT2D eigenvalue weighted by Crippen LogP contribution is 2.25. The zero-order valence-corrected chi connectivity index (χ0v) is 11.7. The highest BCUT2D eigenvalue weighted by molar-refractivity contribution is 5.83. The fourth-order valence-electron chi connectivity index (χ4n) is 2.06.